The Morgan fingerprint density at radius 3 is 2.58 bits per heavy atom. The molecular formula is C21H22FN3O5S3. The van der Waals surface area contributed by atoms with Gasteiger partial charge in [-0.05, 0) is 49.4 Å². The van der Waals surface area contributed by atoms with E-state index in [9.17, 15) is 22.4 Å². The fourth-order valence-corrected chi connectivity index (χ4v) is 5.49. The maximum Gasteiger partial charge on any atom is 0.307 e. The molecule has 2 N–H and O–H groups in total. The largest absolute Gasteiger partial charge is 0.466 e. The first-order chi connectivity index (χ1) is 15.7. The molecule has 0 spiro atoms. The van der Waals surface area contributed by atoms with Gasteiger partial charge in [0.1, 0.15) is 5.82 Å². The molecule has 0 saturated heterocycles. The van der Waals surface area contributed by atoms with Gasteiger partial charge < -0.3 is 9.30 Å². The van der Waals surface area contributed by atoms with Crippen molar-refractivity contribution in [3.05, 3.63) is 53.1 Å². The quantitative estimate of drug-likeness (QED) is 0.348. The van der Waals surface area contributed by atoms with Crippen LogP contribution in [0.25, 0.3) is 10.2 Å². The number of hydrogen-bond acceptors (Lipinski definition) is 7. The van der Waals surface area contributed by atoms with Crippen molar-refractivity contribution in [2.45, 2.75) is 36.1 Å². The topological polar surface area (TPSA) is 121 Å². The number of aromatic nitrogens is 1. The molecule has 176 valence electrons. The Labute approximate surface area is 198 Å². The second kappa shape index (κ2) is 11.1. The number of benzene rings is 2. The molecule has 0 aliphatic rings. The van der Waals surface area contributed by atoms with E-state index in [1.165, 1.54) is 36.0 Å². The van der Waals surface area contributed by atoms with Crippen molar-refractivity contribution in [2.75, 3.05) is 12.4 Å². The molecule has 33 heavy (non-hydrogen) atoms. The number of hydrogen-bond donors (Lipinski definition) is 1. The number of primary sulfonamides is 1. The number of carbonyl (C=O) groups is 2. The number of esters is 1. The van der Waals surface area contributed by atoms with Crippen molar-refractivity contribution in [3.8, 4) is 0 Å². The van der Waals surface area contributed by atoms with E-state index >= 15 is 0 Å². The first kappa shape index (κ1) is 25.1. The molecule has 0 saturated carbocycles. The van der Waals surface area contributed by atoms with Crippen molar-refractivity contribution >= 4 is 55.2 Å². The lowest BCUT2D eigenvalue weighted by Crippen LogP contribution is -2.19. The van der Waals surface area contributed by atoms with Crippen LogP contribution in [0.2, 0.25) is 0 Å². The Hall–Kier alpha value is -2.54. The number of thioether (sulfide) groups is 1. The van der Waals surface area contributed by atoms with Crippen LogP contribution in [0, 0.1) is 5.82 Å². The molecule has 2 aromatic carbocycles. The summed E-state index contributed by atoms with van der Waals surface area (Å²) in [7, 11) is -3.90. The first-order valence-electron chi connectivity index (χ1n) is 9.95. The molecule has 0 bridgehead atoms. The number of amides is 1. The lowest BCUT2D eigenvalue weighted by atomic mass is 10.3. The minimum atomic E-state index is -3.90. The van der Waals surface area contributed by atoms with Crippen molar-refractivity contribution in [1.82, 2.24) is 4.57 Å². The van der Waals surface area contributed by atoms with E-state index in [-0.39, 0.29) is 42.6 Å². The number of thiazole rings is 1. The summed E-state index contributed by atoms with van der Waals surface area (Å²) in [6.45, 7) is 2.18. The molecule has 12 heteroatoms. The predicted octanol–water partition coefficient (Wildman–Crippen LogP) is 3.05. The van der Waals surface area contributed by atoms with Crippen LogP contribution < -0.4 is 9.94 Å². The highest BCUT2D eigenvalue weighted by Crippen LogP contribution is 2.22. The Bertz CT molecular complexity index is 1330. The molecule has 0 aliphatic carbocycles. The minimum Gasteiger partial charge on any atom is -0.466 e. The third kappa shape index (κ3) is 6.97. The van der Waals surface area contributed by atoms with Crippen LogP contribution in [0.4, 0.5) is 4.39 Å². The van der Waals surface area contributed by atoms with Crippen LogP contribution in [0.1, 0.15) is 19.8 Å². The lowest BCUT2D eigenvalue weighted by Gasteiger charge is -2.06. The number of nitrogens with two attached hydrogens (primary N) is 1. The molecule has 1 amide bonds. The standard InChI is InChI=1S/C21H22FN3O5S3/c1-2-30-20(27)9-11-25-17-8-7-16(33(23,28)29)13-18(17)32-21(25)24-19(26)10-12-31-15-5-3-14(22)4-6-15/h3-8,13H,2,9-12H2,1H3,(H2,23,28,29). The maximum absolute atomic E-state index is 13.0. The summed E-state index contributed by atoms with van der Waals surface area (Å²) in [6.07, 6.45) is 0.217. The fraction of sp³-hybridized carbons (Fsp3) is 0.286. The summed E-state index contributed by atoms with van der Waals surface area (Å²) in [5.41, 5.74) is 0.629. The van der Waals surface area contributed by atoms with Gasteiger partial charge in [0.2, 0.25) is 15.9 Å². The molecule has 1 aromatic heterocycles. The molecule has 0 unspecified atom stereocenters. The predicted molar refractivity (Wildman–Crippen MR) is 125 cm³/mol. The number of sulfonamides is 1. The molecule has 3 aromatic rings. The third-order valence-electron chi connectivity index (χ3n) is 4.45. The van der Waals surface area contributed by atoms with E-state index in [1.807, 2.05) is 0 Å². The molecular weight excluding hydrogens is 489 g/mol. The number of aryl methyl sites for hydroxylation is 1. The second-order valence-electron chi connectivity index (χ2n) is 6.82. The van der Waals surface area contributed by atoms with Gasteiger partial charge in [0.15, 0.2) is 4.80 Å². The number of fused-ring (bicyclic) bond motifs is 1. The van der Waals surface area contributed by atoms with Gasteiger partial charge in [-0.3, -0.25) is 9.59 Å². The Kier molecular flexibility index (Phi) is 8.40. The zero-order chi connectivity index (χ0) is 24.0. The number of nitrogens with zero attached hydrogens (tertiary/aromatic N) is 2. The summed E-state index contributed by atoms with van der Waals surface area (Å²) in [6, 6.07) is 10.4. The summed E-state index contributed by atoms with van der Waals surface area (Å²) in [4.78, 5) is 29.7. The lowest BCUT2D eigenvalue weighted by molar-refractivity contribution is -0.143. The van der Waals surface area contributed by atoms with Crippen molar-refractivity contribution in [1.29, 1.82) is 0 Å². The number of carbonyl (C=O) groups excluding carboxylic acids is 2. The second-order valence-corrected chi connectivity index (χ2v) is 10.6. The molecule has 0 fully saturated rings. The minimum absolute atomic E-state index is 0.0534. The van der Waals surface area contributed by atoms with E-state index in [0.717, 1.165) is 16.2 Å². The Morgan fingerprint density at radius 1 is 1.18 bits per heavy atom. The van der Waals surface area contributed by atoms with E-state index in [4.69, 9.17) is 9.88 Å². The van der Waals surface area contributed by atoms with Crippen molar-refractivity contribution in [2.24, 2.45) is 10.1 Å². The van der Waals surface area contributed by atoms with E-state index in [2.05, 4.69) is 4.99 Å². The zero-order valence-corrected chi connectivity index (χ0v) is 20.1. The Balaban J connectivity index is 1.85. The molecule has 3 rings (SSSR count). The molecule has 0 radical (unpaired) electrons. The first-order valence-corrected chi connectivity index (χ1v) is 13.3. The number of halogens is 1. The van der Waals surface area contributed by atoms with Gasteiger partial charge in [-0.2, -0.15) is 4.99 Å². The molecule has 0 aliphatic heterocycles. The van der Waals surface area contributed by atoms with Crippen molar-refractivity contribution in [3.63, 3.8) is 0 Å². The third-order valence-corrected chi connectivity index (χ3v) is 7.41. The summed E-state index contributed by atoms with van der Waals surface area (Å²) in [5, 5.41) is 5.22. The van der Waals surface area contributed by atoms with Gasteiger partial charge in [0.25, 0.3) is 0 Å². The van der Waals surface area contributed by atoms with E-state index in [0.29, 0.717) is 20.8 Å². The van der Waals surface area contributed by atoms with Gasteiger partial charge in [-0.25, -0.2) is 17.9 Å². The van der Waals surface area contributed by atoms with Crippen LogP contribution in [0.3, 0.4) is 0 Å². The normalized spacial score (nSPS) is 12.3. The van der Waals surface area contributed by atoms with Crippen LogP contribution in [0.15, 0.2) is 57.2 Å². The maximum atomic E-state index is 13.0. The zero-order valence-electron chi connectivity index (χ0n) is 17.7. The fourth-order valence-electron chi connectivity index (χ4n) is 2.92. The van der Waals surface area contributed by atoms with E-state index < -0.39 is 16.0 Å². The van der Waals surface area contributed by atoms with Gasteiger partial charge in [0.05, 0.1) is 28.1 Å². The summed E-state index contributed by atoms with van der Waals surface area (Å²) in [5.74, 6) is -0.628. The summed E-state index contributed by atoms with van der Waals surface area (Å²) >= 11 is 2.54. The van der Waals surface area contributed by atoms with Gasteiger partial charge in [0, 0.05) is 23.6 Å². The van der Waals surface area contributed by atoms with Gasteiger partial charge in [-0.1, -0.05) is 11.3 Å². The average molecular weight is 512 g/mol. The van der Waals surface area contributed by atoms with Gasteiger partial charge >= 0.3 is 5.97 Å². The SMILES string of the molecule is CCOC(=O)CCn1c(=NC(=O)CCSc2ccc(F)cc2)sc2cc(S(N)(=O)=O)ccc21. The molecule has 1 heterocycles. The average Bonchev–Trinajstić information content (AvgIpc) is 3.09. The van der Waals surface area contributed by atoms with Crippen LogP contribution >= 0.6 is 23.1 Å². The highest BCUT2D eigenvalue weighted by Gasteiger charge is 2.14. The monoisotopic (exact) mass is 511 g/mol. The number of rotatable bonds is 9. The van der Waals surface area contributed by atoms with Gasteiger partial charge in [-0.15, -0.1) is 11.8 Å². The van der Waals surface area contributed by atoms with Crippen LogP contribution in [-0.2, 0) is 30.9 Å². The Morgan fingerprint density at radius 2 is 1.91 bits per heavy atom. The summed E-state index contributed by atoms with van der Waals surface area (Å²) < 4.78 is 43.6. The highest BCUT2D eigenvalue weighted by atomic mass is 32.2. The van der Waals surface area contributed by atoms with Crippen LogP contribution in [0.5, 0.6) is 0 Å². The smallest absolute Gasteiger partial charge is 0.307 e. The van der Waals surface area contributed by atoms with Crippen molar-refractivity contribution < 1.29 is 27.1 Å². The highest BCUT2D eigenvalue weighted by molar-refractivity contribution is 7.99. The molecule has 8 nitrogen and oxygen atoms in total. The molecule has 0 atom stereocenters. The van der Waals surface area contributed by atoms with E-state index in [1.54, 1.807) is 29.7 Å². The van der Waals surface area contributed by atoms with Crippen LogP contribution in [-0.4, -0.2) is 37.2 Å². The number of ether oxygens (including phenoxy) is 1.